The fourth-order valence-corrected chi connectivity index (χ4v) is 3.28. The number of carbonyl (C=O) groups excluding carboxylic acids is 3. The van der Waals surface area contributed by atoms with Gasteiger partial charge in [0.15, 0.2) is 0 Å². The zero-order valence-electron chi connectivity index (χ0n) is 15.3. The van der Waals surface area contributed by atoms with E-state index < -0.39 is 17.7 Å². The molecule has 0 aliphatic heterocycles. The van der Waals surface area contributed by atoms with Crippen molar-refractivity contribution >= 4 is 17.8 Å². The monoisotopic (exact) mass is 338 g/mol. The molecule has 6 nitrogen and oxygen atoms in total. The number of amides is 2. The second-order valence-electron chi connectivity index (χ2n) is 8.03. The molecule has 0 heterocycles. The van der Waals surface area contributed by atoms with Crippen LogP contribution < -0.4 is 5.32 Å². The summed E-state index contributed by atoms with van der Waals surface area (Å²) in [6.45, 7) is 5.38. The van der Waals surface area contributed by atoms with Gasteiger partial charge in [0.05, 0.1) is 0 Å². The molecule has 24 heavy (non-hydrogen) atoms. The number of hydrogen-bond donors (Lipinski definition) is 1. The number of alkyl carbamates (subject to hydrolysis) is 1. The van der Waals surface area contributed by atoms with Crippen LogP contribution in [-0.2, 0) is 14.3 Å². The number of rotatable bonds is 4. The van der Waals surface area contributed by atoms with Gasteiger partial charge in [0.25, 0.3) is 0 Å². The van der Waals surface area contributed by atoms with Crippen LogP contribution in [-0.4, -0.2) is 47.4 Å². The molecule has 2 aliphatic rings. The molecule has 0 bridgehead atoms. The van der Waals surface area contributed by atoms with Gasteiger partial charge in [0.1, 0.15) is 17.4 Å². The number of ketones is 1. The van der Waals surface area contributed by atoms with Gasteiger partial charge in [-0.05, 0) is 58.8 Å². The minimum Gasteiger partial charge on any atom is -0.444 e. The summed E-state index contributed by atoms with van der Waals surface area (Å²) in [7, 11) is 1.81. The fourth-order valence-electron chi connectivity index (χ4n) is 3.28. The van der Waals surface area contributed by atoms with E-state index >= 15 is 0 Å². The number of likely N-dealkylation sites (N-methyl/N-ethyl adjacent to an activating group) is 1. The second-order valence-corrected chi connectivity index (χ2v) is 8.03. The number of nitrogens with one attached hydrogen (secondary N) is 1. The molecular formula is C18H30N2O4. The Balaban J connectivity index is 2.06. The summed E-state index contributed by atoms with van der Waals surface area (Å²) in [6.07, 6.45) is 4.86. The van der Waals surface area contributed by atoms with Gasteiger partial charge in [-0.2, -0.15) is 0 Å². The molecule has 6 heteroatoms. The molecule has 2 rings (SSSR count). The van der Waals surface area contributed by atoms with Gasteiger partial charge < -0.3 is 15.0 Å². The predicted molar refractivity (Wildman–Crippen MR) is 90.5 cm³/mol. The van der Waals surface area contributed by atoms with Crippen LogP contribution in [0.3, 0.4) is 0 Å². The molecule has 2 amide bonds. The molecular weight excluding hydrogens is 308 g/mol. The molecule has 2 saturated carbocycles. The lowest BCUT2D eigenvalue weighted by molar-refractivity contribution is -0.138. The number of ether oxygens (including phenoxy) is 1. The van der Waals surface area contributed by atoms with E-state index in [1.165, 1.54) is 0 Å². The maximum absolute atomic E-state index is 12.9. The first-order valence-electron chi connectivity index (χ1n) is 8.95. The first-order chi connectivity index (χ1) is 11.2. The number of Topliss-reactive ketones (excluding diaryl/α,β-unsaturated/α-hetero) is 1. The predicted octanol–water partition coefficient (Wildman–Crippen LogP) is 2.65. The van der Waals surface area contributed by atoms with Crippen LogP contribution in [0.5, 0.6) is 0 Å². The third-order valence-electron chi connectivity index (χ3n) is 4.97. The molecule has 2 aliphatic carbocycles. The van der Waals surface area contributed by atoms with Crippen LogP contribution in [0.15, 0.2) is 0 Å². The van der Waals surface area contributed by atoms with E-state index in [-0.39, 0.29) is 23.7 Å². The Morgan fingerprint density at radius 2 is 1.75 bits per heavy atom. The molecule has 0 unspecified atom stereocenters. The van der Waals surface area contributed by atoms with Crippen molar-refractivity contribution in [3.8, 4) is 0 Å². The smallest absolute Gasteiger partial charge is 0.408 e. The Morgan fingerprint density at radius 3 is 2.21 bits per heavy atom. The summed E-state index contributed by atoms with van der Waals surface area (Å²) in [5.41, 5.74) is -0.611. The third kappa shape index (κ3) is 4.95. The molecule has 0 spiro atoms. The first-order valence-corrected chi connectivity index (χ1v) is 8.95. The Bertz CT molecular complexity index is 484. The normalized spacial score (nSPS) is 20.9. The molecule has 136 valence electrons. The lowest BCUT2D eigenvalue weighted by atomic mass is 9.82. The molecule has 2 fully saturated rings. The average molecular weight is 338 g/mol. The van der Waals surface area contributed by atoms with E-state index in [9.17, 15) is 14.4 Å². The van der Waals surface area contributed by atoms with Gasteiger partial charge in [0.2, 0.25) is 5.91 Å². The molecule has 1 atom stereocenters. The maximum Gasteiger partial charge on any atom is 0.408 e. The van der Waals surface area contributed by atoms with Crippen molar-refractivity contribution in [2.45, 2.75) is 83.4 Å². The van der Waals surface area contributed by atoms with Gasteiger partial charge in [-0.15, -0.1) is 0 Å². The summed E-state index contributed by atoms with van der Waals surface area (Å²) < 4.78 is 5.32. The van der Waals surface area contributed by atoms with E-state index in [1.807, 2.05) is 7.05 Å². The van der Waals surface area contributed by atoms with Crippen LogP contribution in [0, 0.1) is 5.92 Å². The highest BCUT2D eigenvalue weighted by molar-refractivity contribution is 5.87. The van der Waals surface area contributed by atoms with Crippen LogP contribution in [0.4, 0.5) is 4.79 Å². The third-order valence-corrected chi connectivity index (χ3v) is 4.97. The van der Waals surface area contributed by atoms with Crippen LogP contribution >= 0.6 is 0 Å². The molecule has 0 aromatic carbocycles. The van der Waals surface area contributed by atoms with Crippen molar-refractivity contribution in [1.82, 2.24) is 10.2 Å². The number of nitrogens with zero attached hydrogens (tertiary/aromatic N) is 1. The minimum atomic E-state index is -0.612. The summed E-state index contributed by atoms with van der Waals surface area (Å²) in [5.74, 6) is 0.164. The highest BCUT2D eigenvalue weighted by Crippen LogP contribution is 2.29. The fraction of sp³-hybridized carbons (Fsp3) is 0.833. The Hall–Kier alpha value is -1.59. The number of carbonyl (C=O) groups is 3. The van der Waals surface area contributed by atoms with Crippen LogP contribution in [0.1, 0.15) is 65.7 Å². The highest BCUT2D eigenvalue weighted by atomic mass is 16.6. The standard InChI is InChI=1S/C18H30N2O4/c1-18(2,3)24-17(23)19-15(12-8-10-14(21)11-9-12)16(22)20(4)13-6-5-7-13/h12-13,15H,5-11H2,1-4H3,(H,19,23)/t15-/m0/s1. The Kier molecular flexibility index (Phi) is 5.88. The zero-order valence-corrected chi connectivity index (χ0v) is 15.3. The topological polar surface area (TPSA) is 75.7 Å². The van der Waals surface area contributed by atoms with Crippen LogP contribution in [0.2, 0.25) is 0 Å². The quantitative estimate of drug-likeness (QED) is 0.855. The van der Waals surface area contributed by atoms with Gasteiger partial charge in [0, 0.05) is 25.9 Å². The van der Waals surface area contributed by atoms with E-state index in [4.69, 9.17) is 4.74 Å². The maximum atomic E-state index is 12.9. The summed E-state index contributed by atoms with van der Waals surface area (Å²) in [5, 5.41) is 2.78. The van der Waals surface area contributed by atoms with E-state index in [2.05, 4.69) is 5.32 Å². The highest BCUT2D eigenvalue weighted by Gasteiger charge is 2.38. The SMILES string of the molecule is CN(C(=O)[C@@H](NC(=O)OC(C)(C)C)C1CCC(=O)CC1)C1CCC1. The summed E-state index contributed by atoms with van der Waals surface area (Å²) in [4.78, 5) is 38.4. The van der Waals surface area contributed by atoms with E-state index in [0.29, 0.717) is 25.7 Å². The zero-order chi connectivity index (χ0) is 17.9. The molecule has 1 N–H and O–H groups in total. The van der Waals surface area contributed by atoms with Gasteiger partial charge in [-0.1, -0.05) is 0 Å². The second kappa shape index (κ2) is 7.53. The van der Waals surface area contributed by atoms with Gasteiger partial charge in [-0.3, -0.25) is 9.59 Å². The summed E-state index contributed by atoms with van der Waals surface area (Å²) in [6, 6.07) is -0.343. The van der Waals surface area contributed by atoms with Gasteiger partial charge in [-0.25, -0.2) is 4.79 Å². The van der Waals surface area contributed by atoms with Crippen molar-refractivity contribution < 1.29 is 19.1 Å². The summed E-state index contributed by atoms with van der Waals surface area (Å²) >= 11 is 0. The van der Waals surface area contributed by atoms with Crippen molar-refractivity contribution in [3.05, 3.63) is 0 Å². The lowest BCUT2D eigenvalue weighted by Gasteiger charge is -2.39. The van der Waals surface area contributed by atoms with E-state index in [1.54, 1.807) is 25.7 Å². The average Bonchev–Trinajstić information content (AvgIpc) is 2.41. The Morgan fingerprint density at radius 1 is 1.17 bits per heavy atom. The molecule has 0 radical (unpaired) electrons. The van der Waals surface area contributed by atoms with E-state index in [0.717, 1.165) is 19.3 Å². The largest absolute Gasteiger partial charge is 0.444 e. The van der Waals surface area contributed by atoms with Crippen molar-refractivity contribution in [1.29, 1.82) is 0 Å². The number of hydrogen-bond acceptors (Lipinski definition) is 4. The minimum absolute atomic E-state index is 0.00903. The first kappa shape index (κ1) is 18.7. The van der Waals surface area contributed by atoms with Crippen molar-refractivity contribution in [3.63, 3.8) is 0 Å². The van der Waals surface area contributed by atoms with Crippen molar-refractivity contribution in [2.24, 2.45) is 5.92 Å². The lowest BCUT2D eigenvalue weighted by Crippen LogP contribution is -2.55. The van der Waals surface area contributed by atoms with Gasteiger partial charge >= 0.3 is 6.09 Å². The molecule has 0 aromatic rings. The molecule has 0 saturated heterocycles. The molecule has 0 aromatic heterocycles. The Labute approximate surface area is 144 Å². The van der Waals surface area contributed by atoms with Crippen LogP contribution in [0.25, 0.3) is 0 Å². The van der Waals surface area contributed by atoms with Crippen molar-refractivity contribution in [2.75, 3.05) is 7.05 Å².